The van der Waals surface area contributed by atoms with Crippen LogP contribution in [0, 0.1) is 11.8 Å². The molecule has 1 fully saturated rings. The highest BCUT2D eigenvalue weighted by molar-refractivity contribution is 5.77. The quantitative estimate of drug-likeness (QED) is 0.768. The average Bonchev–Trinajstić information content (AvgIpc) is 2.43. The molecular formula is C12H24N2O. The topological polar surface area (TPSA) is 32.3 Å². The number of likely N-dealkylation sites (tertiary alicyclic amines) is 1. The predicted molar refractivity (Wildman–Crippen MR) is 62.7 cm³/mol. The van der Waals surface area contributed by atoms with E-state index in [0.29, 0.717) is 6.54 Å². The van der Waals surface area contributed by atoms with Gasteiger partial charge in [-0.15, -0.1) is 0 Å². The Morgan fingerprint density at radius 2 is 2.13 bits per heavy atom. The summed E-state index contributed by atoms with van der Waals surface area (Å²) in [5, 5.41) is 2.69. The van der Waals surface area contributed by atoms with Gasteiger partial charge in [-0.2, -0.15) is 0 Å². The summed E-state index contributed by atoms with van der Waals surface area (Å²) in [6.45, 7) is 7.34. The summed E-state index contributed by atoms with van der Waals surface area (Å²) in [7, 11) is 1.71. The Morgan fingerprint density at radius 1 is 1.40 bits per heavy atom. The van der Waals surface area contributed by atoms with E-state index in [1.807, 2.05) is 0 Å². The number of rotatable bonds is 3. The molecule has 0 aromatic rings. The minimum absolute atomic E-state index is 0.137. The van der Waals surface area contributed by atoms with Crippen molar-refractivity contribution in [2.24, 2.45) is 11.8 Å². The molecule has 3 nitrogen and oxygen atoms in total. The monoisotopic (exact) mass is 212 g/mol. The first-order valence-electron chi connectivity index (χ1n) is 6.06. The van der Waals surface area contributed by atoms with Crippen molar-refractivity contribution in [2.75, 3.05) is 26.7 Å². The number of hydrogen-bond acceptors (Lipinski definition) is 2. The van der Waals surface area contributed by atoms with Crippen molar-refractivity contribution in [3.63, 3.8) is 0 Å². The lowest BCUT2D eigenvalue weighted by Crippen LogP contribution is -2.36. The summed E-state index contributed by atoms with van der Waals surface area (Å²) in [6.07, 6.45) is 3.80. The Kier molecular flexibility index (Phi) is 5.09. The van der Waals surface area contributed by atoms with Gasteiger partial charge >= 0.3 is 0 Å². The summed E-state index contributed by atoms with van der Waals surface area (Å²) in [6, 6.07) is 0. The average molecular weight is 212 g/mol. The Hall–Kier alpha value is -0.570. The van der Waals surface area contributed by atoms with E-state index in [1.54, 1.807) is 7.05 Å². The molecule has 1 heterocycles. The summed E-state index contributed by atoms with van der Waals surface area (Å²) in [5.74, 6) is 1.77. The molecule has 1 atom stereocenters. The van der Waals surface area contributed by atoms with Crippen molar-refractivity contribution in [1.82, 2.24) is 10.2 Å². The molecule has 0 saturated carbocycles. The molecular weight excluding hydrogens is 188 g/mol. The first-order chi connectivity index (χ1) is 7.13. The van der Waals surface area contributed by atoms with E-state index in [4.69, 9.17) is 0 Å². The maximum absolute atomic E-state index is 11.3. The molecule has 0 aliphatic carbocycles. The Bertz CT molecular complexity index is 204. The molecule has 3 heteroatoms. The van der Waals surface area contributed by atoms with Crippen LogP contribution in [0.4, 0.5) is 0 Å². The minimum atomic E-state index is 0.137. The zero-order chi connectivity index (χ0) is 11.3. The highest BCUT2D eigenvalue weighted by atomic mass is 16.1. The van der Waals surface area contributed by atoms with E-state index >= 15 is 0 Å². The van der Waals surface area contributed by atoms with Crippen LogP contribution in [0.3, 0.4) is 0 Å². The molecule has 1 unspecified atom stereocenters. The molecule has 0 aromatic carbocycles. The second-order valence-electron chi connectivity index (χ2n) is 4.88. The molecule has 0 radical (unpaired) electrons. The molecule has 1 rings (SSSR count). The molecule has 1 amide bonds. The summed E-state index contributed by atoms with van der Waals surface area (Å²) < 4.78 is 0. The van der Waals surface area contributed by atoms with Crippen LogP contribution in [0.2, 0.25) is 0 Å². The van der Waals surface area contributed by atoms with E-state index in [0.717, 1.165) is 24.9 Å². The largest absolute Gasteiger partial charge is 0.358 e. The Labute approximate surface area is 93.2 Å². The van der Waals surface area contributed by atoms with Gasteiger partial charge in [-0.25, -0.2) is 0 Å². The van der Waals surface area contributed by atoms with Crippen LogP contribution in [0.25, 0.3) is 0 Å². The number of amides is 1. The van der Waals surface area contributed by atoms with Gasteiger partial charge in [0.15, 0.2) is 0 Å². The van der Waals surface area contributed by atoms with Crippen LogP contribution < -0.4 is 5.32 Å². The van der Waals surface area contributed by atoms with E-state index < -0.39 is 0 Å². The standard InChI is InChI=1S/C12H24N2O/c1-10(2)11-5-4-7-14(8-6-11)9-12(15)13-3/h10-11H,4-9H2,1-3H3,(H,13,15). The Balaban J connectivity index is 2.35. The highest BCUT2D eigenvalue weighted by Crippen LogP contribution is 2.24. The van der Waals surface area contributed by atoms with Gasteiger partial charge in [-0.1, -0.05) is 13.8 Å². The van der Waals surface area contributed by atoms with Crippen molar-refractivity contribution >= 4 is 5.91 Å². The van der Waals surface area contributed by atoms with Gasteiger partial charge in [0, 0.05) is 7.05 Å². The molecule has 0 aromatic heterocycles. The predicted octanol–water partition coefficient (Wildman–Crippen LogP) is 1.49. The number of nitrogens with zero attached hydrogens (tertiary/aromatic N) is 1. The molecule has 1 aliphatic heterocycles. The van der Waals surface area contributed by atoms with Crippen molar-refractivity contribution in [2.45, 2.75) is 33.1 Å². The number of hydrogen-bond donors (Lipinski definition) is 1. The maximum Gasteiger partial charge on any atom is 0.233 e. The number of carbonyl (C=O) groups excluding carboxylic acids is 1. The molecule has 15 heavy (non-hydrogen) atoms. The molecule has 1 N–H and O–H groups in total. The number of likely N-dealkylation sites (N-methyl/N-ethyl adjacent to an activating group) is 1. The maximum atomic E-state index is 11.3. The minimum Gasteiger partial charge on any atom is -0.358 e. The van der Waals surface area contributed by atoms with E-state index in [1.165, 1.54) is 19.3 Å². The molecule has 1 saturated heterocycles. The number of nitrogens with one attached hydrogen (secondary N) is 1. The van der Waals surface area contributed by atoms with Gasteiger partial charge < -0.3 is 5.32 Å². The lowest BCUT2D eigenvalue weighted by atomic mass is 9.89. The van der Waals surface area contributed by atoms with Crippen molar-refractivity contribution in [1.29, 1.82) is 0 Å². The summed E-state index contributed by atoms with van der Waals surface area (Å²) >= 11 is 0. The Morgan fingerprint density at radius 3 is 2.73 bits per heavy atom. The van der Waals surface area contributed by atoms with Gasteiger partial charge in [0.2, 0.25) is 5.91 Å². The summed E-state index contributed by atoms with van der Waals surface area (Å²) in [4.78, 5) is 13.5. The normalized spacial score (nSPS) is 23.9. The van der Waals surface area contributed by atoms with Crippen LogP contribution in [-0.2, 0) is 4.79 Å². The second kappa shape index (κ2) is 6.11. The first kappa shape index (κ1) is 12.5. The van der Waals surface area contributed by atoms with E-state index in [9.17, 15) is 4.79 Å². The summed E-state index contributed by atoms with van der Waals surface area (Å²) in [5.41, 5.74) is 0. The van der Waals surface area contributed by atoms with Gasteiger partial charge in [-0.3, -0.25) is 9.69 Å². The third-order valence-corrected chi connectivity index (χ3v) is 3.45. The van der Waals surface area contributed by atoms with Crippen LogP contribution in [0.15, 0.2) is 0 Å². The van der Waals surface area contributed by atoms with Crippen molar-refractivity contribution in [3.05, 3.63) is 0 Å². The van der Waals surface area contributed by atoms with Crippen molar-refractivity contribution in [3.8, 4) is 0 Å². The fourth-order valence-electron chi connectivity index (χ4n) is 2.29. The second-order valence-corrected chi connectivity index (χ2v) is 4.88. The fourth-order valence-corrected chi connectivity index (χ4v) is 2.29. The molecule has 0 bridgehead atoms. The van der Waals surface area contributed by atoms with E-state index in [-0.39, 0.29) is 5.91 Å². The number of carbonyl (C=O) groups is 1. The van der Waals surface area contributed by atoms with E-state index in [2.05, 4.69) is 24.1 Å². The van der Waals surface area contributed by atoms with Crippen molar-refractivity contribution < 1.29 is 4.79 Å². The van der Waals surface area contributed by atoms with Crippen LogP contribution in [-0.4, -0.2) is 37.5 Å². The molecule has 1 aliphatic rings. The lowest BCUT2D eigenvalue weighted by Gasteiger charge is -2.20. The fraction of sp³-hybridized carbons (Fsp3) is 0.917. The lowest BCUT2D eigenvalue weighted by molar-refractivity contribution is -0.121. The zero-order valence-corrected chi connectivity index (χ0v) is 10.3. The van der Waals surface area contributed by atoms with Gasteiger partial charge in [-0.05, 0) is 44.2 Å². The first-order valence-corrected chi connectivity index (χ1v) is 6.06. The highest BCUT2D eigenvalue weighted by Gasteiger charge is 2.20. The zero-order valence-electron chi connectivity index (χ0n) is 10.3. The van der Waals surface area contributed by atoms with Gasteiger partial charge in [0.25, 0.3) is 0 Å². The van der Waals surface area contributed by atoms with Crippen LogP contribution >= 0.6 is 0 Å². The molecule has 88 valence electrons. The molecule has 0 spiro atoms. The third kappa shape index (κ3) is 4.20. The SMILES string of the molecule is CNC(=O)CN1CCCC(C(C)C)CC1. The van der Waals surface area contributed by atoms with Crippen LogP contribution in [0.5, 0.6) is 0 Å². The van der Waals surface area contributed by atoms with Crippen LogP contribution in [0.1, 0.15) is 33.1 Å². The van der Waals surface area contributed by atoms with Gasteiger partial charge in [0.05, 0.1) is 6.54 Å². The smallest absolute Gasteiger partial charge is 0.233 e. The third-order valence-electron chi connectivity index (χ3n) is 3.45. The van der Waals surface area contributed by atoms with Gasteiger partial charge in [0.1, 0.15) is 0 Å².